The number of piperidine rings is 3. The normalized spacial score (nSPS) is 31.2. The SMILES string of the molecule is CC(=O)c1cc(CN2C[C@@H]3C[C@H](C2)[C@H](C(=O)N2CC=CC2)N2C(=O)CCC[C@@H]32)cs1. The third-order valence-electron chi connectivity index (χ3n) is 7.21. The Hall–Kier alpha value is -1.99. The van der Waals surface area contributed by atoms with Crippen molar-refractivity contribution in [1.82, 2.24) is 14.7 Å². The average Bonchev–Trinajstić information content (AvgIpc) is 3.41. The molecule has 0 N–H and O–H groups in total. The second-order valence-corrected chi connectivity index (χ2v) is 10.2. The van der Waals surface area contributed by atoms with E-state index in [0.29, 0.717) is 25.4 Å². The van der Waals surface area contributed by atoms with Crippen molar-refractivity contribution in [3.8, 4) is 0 Å². The summed E-state index contributed by atoms with van der Waals surface area (Å²) < 4.78 is 0. The Kier molecular flexibility index (Phi) is 5.27. The molecule has 4 aliphatic heterocycles. The molecule has 160 valence electrons. The number of rotatable bonds is 4. The van der Waals surface area contributed by atoms with Gasteiger partial charge >= 0.3 is 0 Å². The molecule has 0 unspecified atom stereocenters. The van der Waals surface area contributed by atoms with Gasteiger partial charge in [-0.2, -0.15) is 0 Å². The molecule has 4 atom stereocenters. The number of nitrogens with zero attached hydrogens (tertiary/aromatic N) is 3. The third-order valence-corrected chi connectivity index (χ3v) is 8.29. The highest BCUT2D eigenvalue weighted by Gasteiger charge is 2.52. The minimum absolute atomic E-state index is 0.114. The van der Waals surface area contributed by atoms with Gasteiger partial charge in [0.25, 0.3) is 0 Å². The molecule has 3 fully saturated rings. The molecule has 3 saturated heterocycles. The summed E-state index contributed by atoms with van der Waals surface area (Å²) in [6, 6.07) is 1.87. The maximum atomic E-state index is 13.5. The molecule has 6 nitrogen and oxygen atoms in total. The molecule has 1 aromatic heterocycles. The number of amides is 2. The Balaban J connectivity index is 1.39. The van der Waals surface area contributed by atoms with Crippen LogP contribution in [0.3, 0.4) is 0 Å². The second-order valence-electron chi connectivity index (χ2n) is 9.25. The molecule has 30 heavy (non-hydrogen) atoms. The summed E-state index contributed by atoms with van der Waals surface area (Å²) in [5.74, 6) is 1.02. The van der Waals surface area contributed by atoms with Crippen LogP contribution in [-0.2, 0) is 16.1 Å². The summed E-state index contributed by atoms with van der Waals surface area (Å²) in [6.07, 6.45) is 7.62. The van der Waals surface area contributed by atoms with Crippen molar-refractivity contribution in [2.45, 2.75) is 51.2 Å². The van der Waals surface area contributed by atoms with Gasteiger partial charge in [0, 0.05) is 51.1 Å². The number of likely N-dealkylation sites (tertiary alicyclic amines) is 1. The number of ketones is 1. The van der Waals surface area contributed by atoms with Crippen LogP contribution in [0.1, 0.15) is 47.8 Å². The number of carbonyl (C=O) groups is 3. The van der Waals surface area contributed by atoms with Gasteiger partial charge in [-0.3, -0.25) is 19.3 Å². The fraction of sp³-hybridized carbons (Fsp3) is 0.609. The van der Waals surface area contributed by atoms with Crippen molar-refractivity contribution in [2.24, 2.45) is 11.8 Å². The van der Waals surface area contributed by atoms with E-state index in [2.05, 4.69) is 10.3 Å². The zero-order chi connectivity index (χ0) is 20.8. The van der Waals surface area contributed by atoms with Crippen LogP contribution in [0.4, 0.5) is 0 Å². The van der Waals surface area contributed by atoms with Gasteiger partial charge < -0.3 is 9.80 Å². The van der Waals surface area contributed by atoms with Crippen LogP contribution < -0.4 is 0 Å². The van der Waals surface area contributed by atoms with Crippen molar-refractivity contribution in [2.75, 3.05) is 26.2 Å². The van der Waals surface area contributed by atoms with Crippen LogP contribution in [-0.4, -0.2) is 70.6 Å². The predicted octanol–water partition coefficient (Wildman–Crippen LogP) is 2.55. The van der Waals surface area contributed by atoms with E-state index < -0.39 is 0 Å². The van der Waals surface area contributed by atoms with E-state index in [1.165, 1.54) is 16.9 Å². The molecule has 2 amide bonds. The lowest BCUT2D eigenvalue weighted by atomic mass is 9.71. The van der Waals surface area contributed by atoms with Crippen molar-refractivity contribution >= 4 is 28.9 Å². The number of hydrogen-bond acceptors (Lipinski definition) is 5. The predicted molar refractivity (Wildman–Crippen MR) is 115 cm³/mol. The Labute approximate surface area is 181 Å². The monoisotopic (exact) mass is 427 g/mol. The molecule has 0 aromatic carbocycles. The molecular formula is C23H29N3O3S. The highest BCUT2D eigenvalue weighted by atomic mass is 32.1. The quantitative estimate of drug-likeness (QED) is 0.547. The molecule has 2 bridgehead atoms. The van der Waals surface area contributed by atoms with Crippen LogP contribution in [0.5, 0.6) is 0 Å². The van der Waals surface area contributed by atoms with E-state index >= 15 is 0 Å². The summed E-state index contributed by atoms with van der Waals surface area (Å²) in [7, 11) is 0. The molecule has 0 radical (unpaired) electrons. The first kappa shape index (κ1) is 19.9. The lowest BCUT2D eigenvalue weighted by Gasteiger charge is -2.56. The number of thiophene rings is 1. The number of carbonyl (C=O) groups excluding carboxylic acids is 3. The molecule has 0 spiro atoms. The van der Waals surface area contributed by atoms with Crippen molar-refractivity contribution in [1.29, 1.82) is 0 Å². The Morgan fingerprint density at radius 2 is 1.93 bits per heavy atom. The van der Waals surface area contributed by atoms with E-state index in [-0.39, 0.29) is 35.6 Å². The number of Topliss-reactive ketones (excluding diaryl/α,β-unsaturated/α-hetero) is 1. The Bertz CT molecular complexity index is 886. The van der Waals surface area contributed by atoms with E-state index in [1.54, 1.807) is 6.92 Å². The highest BCUT2D eigenvalue weighted by Crippen LogP contribution is 2.42. The fourth-order valence-corrected chi connectivity index (χ4v) is 6.75. The van der Waals surface area contributed by atoms with Gasteiger partial charge in [-0.25, -0.2) is 0 Å². The summed E-state index contributed by atoms with van der Waals surface area (Å²) >= 11 is 1.51. The summed E-state index contributed by atoms with van der Waals surface area (Å²) in [4.78, 5) is 45.2. The smallest absolute Gasteiger partial charge is 0.246 e. The van der Waals surface area contributed by atoms with E-state index in [4.69, 9.17) is 0 Å². The molecule has 5 heterocycles. The second kappa shape index (κ2) is 7.93. The van der Waals surface area contributed by atoms with Gasteiger partial charge in [-0.05, 0) is 49.1 Å². The highest BCUT2D eigenvalue weighted by molar-refractivity contribution is 7.12. The van der Waals surface area contributed by atoms with Crippen LogP contribution >= 0.6 is 11.3 Å². The van der Waals surface area contributed by atoms with Crippen LogP contribution in [0.15, 0.2) is 23.6 Å². The Morgan fingerprint density at radius 1 is 1.17 bits per heavy atom. The van der Waals surface area contributed by atoms with Crippen molar-refractivity contribution in [3.05, 3.63) is 34.0 Å². The third kappa shape index (κ3) is 3.52. The molecule has 1 aromatic rings. The minimum atomic E-state index is -0.322. The summed E-state index contributed by atoms with van der Waals surface area (Å²) in [5, 5.41) is 2.08. The number of fused-ring (bicyclic) bond motifs is 4. The van der Waals surface area contributed by atoms with Crippen LogP contribution in [0.2, 0.25) is 0 Å². The number of hydrogen-bond donors (Lipinski definition) is 0. The van der Waals surface area contributed by atoms with E-state index in [9.17, 15) is 14.4 Å². The molecule has 7 heteroatoms. The average molecular weight is 428 g/mol. The van der Waals surface area contributed by atoms with Gasteiger partial charge in [0.15, 0.2) is 5.78 Å². The summed E-state index contributed by atoms with van der Waals surface area (Å²) in [5.41, 5.74) is 1.17. The maximum absolute atomic E-state index is 13.5. The molecule has 0 aliphatic carbocycles. The first-order valence-corrected chi connectivity index (χ1v) is 11.9. The molecular weight excluding hydrogens is 398 g/mol. The van der Waals surface area contributed by atoms with Gasteiger partial charge in [-0.1, -0.05) is 12.2 Å². The zero-order valence-electron chi connectivity index (χ0n) is 17.5. The lowest BCUT2D eigenvalue weighted by molar-refractivity contribution is -0.164. The van der Waals surface area contributed by atoms with Crippen molar-refractivity contribution in [3.63, 3.8) is 0 Å². The molecule has 5 rings (SSSR count). The largest absolute Gasteiger partial charge is 0.333 e. The van der Waals surface area contributed by atoms with Gasteiger partial charge in [-0.15, -0.1) is 11.3 Å². The van der Waals surface area contributed by atoms with Crippen LogP contribution in [0, 0.1) is 11.8 Å². The van der Waals surface area contributed by atoms with Gasteiger partial charge in [0.2, 0.25) is 11.8 Å². The van der Waals surface area contributed by atoms with E-state index in [1.807, 2.05) is 28.0 Å². The van der Waals surface area contributed by atoms with Gasteiger partial charge in [0.1, 0.15) is 6.04 Å². The minimum Gasteiger partial charge on any atom is -0.333 e. The van der Waals surface area contributed by atoms with Crippen molar-refractivity contribution < 1.29 is 14.4 Å². The van der Waals surface area contributed by atoms with Gasteiger partial charge in [0.05, 0.1) is 4.88 Å². The molecule has 0 saturated carbocycles. The lowest BCUT2D eigenvalue weighted by Crippen LogP contribution is -2.68. The summed E-state index contributed by atoms with van der Waals surface area (Å²) in [6.45, 7) is 5.52. The topological polar surface area (TPSA) is 60.9 Å². The van der Waals surface area contributed by atoms with E-state index in [0.717, 1.165) is 43.8 Å². The fourth-order valence-electron chi connectivity index (χ4n) is 5.95. The molecule has 4 aliphatic rings. The standard InChI is InChI=1S/C23H29N3O3S/c1-15(27)20-9-16(14-30-20)11-24-12-17-10-18(13-24)22(23(29)25-7-2-3-8-25)26-19(17)5-4-6-21(26)28/h2-3,9,14,17-19,22H,4-8,10-13H2,1H3/t17-,18+,19-,22+/m0/s1. The zero-order valence-corrected chi connectivity index (χ0v) is 18.3. The maximum Gasteiger partial charge on any atom is 0.246 e. The first-order chi connectivity index (χ1) is 14.5. The van der Waals surface area contributed by atoms with Crippen LogP contribution in [0.25, 0.3) is 0 Å². The first-order valence-electron chi connectivity index (χ1n) is 11.1. The Morgan fingerprint density at radius 3 is 2.67 bits per heavy atom.